The van der Waals surface area contributed by atoms with E-state index in [9.17, 15) is 4.79 Å². The molecule has 23 heavy (non-hydrogen) atoms. The standard InChI is InChI=1S/C17H21N3O3/c1-22-15-5-3-14(4-6-15)11-23-12-16(21)18-13-17(7-8-17)20-10-2-9-19-20/h2-6,9-10H,7-8,11-13H2,1H3,(H,18,21). The van der Waals surface area contributed by atoms with E-state index in [2.05, 4.69) is 10.4 Å². The number of aromatic nitrogens is 2. The molecule has 1 fully saturated rings. The van der Waals surface area contributed by atoms with Crippen LogP contribution in [0.4, 0.5) is 0 Å². The van der Waals surface area contributed by atoms with Crippen LogP contribution < -0.4 is 10.1 Å². The Morgan fingerprint density at radius 3 is 2.74 bits per heavy atom. The Hall–Kier alpha value is -2.34. The van der Waals surface area contributed by atoms with E-state index >= 15 is 0 Å². The topological polar surface area (TPSA) is 65.4 Å². The lowest BCUT2D eigenvalue weighted by Crippen LogP contribution is -2.37. The van der Waals surface area contributed by atoms with E-state index in [-0.39, 0.29) is 18.1 Å². The summed E-state index contributed by atoms with van der Waals surface area (Å²) >= 11 is 0. The van der Waals surface area contributed by atoms with Crippen LogP contribution in [0.1, 0.15) is 18.4 Å². The Morgan fingerprint density at radius 1 is 1.35 bits per heavy atom. The fourth-order valence-corrected chi connectivity index (χ4v) is 2.48. The summed E-state index contributed by atoms with van der Waals surface area (Å²) in [5.41, 5.74) is 0.976. The summed E-state index contributed by atoms with van der Waals surface area (Å²) in [6, 6.07) is 9.50. The van der Waals surface area contributed by atoms with Crippen molar-refractivity contribution in [3.05, 3.63) is 48.3 Å². The summed E-state index contributed by atoms with van der Waals surface area (Å²) in [7, 11) is 1.63. The molecule has 0 unspecified atom stereocenters. The lowest BCUT2D eigenvalue weighted by molar-refractivity contribution is -0.126. The highest BCUT2D eigenvalue weighted by atomic mass is 16.5. The van der Waals surface area contributed by atoms with Gasteiger partial charge < -0.3 is 14.8 Å². The molecule has 6 heteroatoms. The van der Waals surface area contributed by atoms with Crippen LogP contribution in [0.5, 0.6) is 5.75 Å². The number of hydrogen-bond acceptors (Lipinski definition) is 4. The molecular weight excluding hydrogens is 294 g/mol. The summed E-state index contributed by atoms with van der Waals surface area (Å²) < 4.78 is 12.5. The maximum absolute atomic E-state index is 11.9. The molecule has 0 radical (unpaired) electrons. The van der Waals surface area contributed by atoms with E-state index in [1.165, 1.54) is 0 Å². The van der Waals surface area contributed by atoms with Crippen molar-refractivity contribution >= 4 is 5.91 Å². The van der Waals surface area contributed by atoms with Gasteiger partial charge in [-0.1, -0.05) is 12.1 Å². The van der Waals surface area contributed by atoms with Crippen LogP contribution in [-0.4, -0.2) is 35.9 Å². The van der Waals surface area contributed by atoms with Crippen molar-refractivity contribution in [2.75, 3.05) is 20.3 Å². The minimum absolute atomic E-state index is 0.0326. The molecule has 0 atom stereocenters. The fraction of sp³-hybridized carbons (Fsp3) is 0.412. The number of amides is 1. The third-order valence-electron chi connectivity index (χ3n) is 4.09. The molecule has 122 valence electrons. The van der Waals surface area contributed by atoms with Gasteiger partial charge in [-0.05, 0) is 36.6 Å². The first kappa shape index (κ1) is 15.6. The van der Waals surface area contributed by atoms with E-state index in [1.54, 1.807) is 13.3 Å². The Morgan fingerprint density at radius 2 is 2.13 bits per heavy atom. The van der Waals surface area contributed by atoms with Gasteiger partial charge in [0.15, 0.2) is 0 Å². The van der Waals surface area contributed by atoms with Crippen molar-refractivity contribution in [2.24, 2.45) is 0 Å². The van der Waals surface area contributed by atoms with Gasteiger partial charge in [0.1, 0.15) is 12.4 Å². The van der Waals surface area contributed by atoms with E-state index in [0.29, 0.717) is 13.2 Å². The molecule has 1 aromatic carbocycles. The van der Waals surface area contributed by atoms with Gasteiger partial charge in [-0.25, -0.2) is 0 Å². The van der Waals surface area contributed by atoms with Crippen LogP contribution in [0.3, 0.4) is 0 Å². The summed E-state index contributed by atoms with van der Waals surface area (Å²) in [5.74, 6) is 0.705. The number of ether oxygens (including phenoxy) is 2. The van der Waals surface area contributed by atoms with Gasteiger partial charge in [0.25, 0.3) is 0 Å². The summed E-state index contributed by atoms with van der Waals surface area (Å²) in [5, 5.41) is 7.20. The zero-order valence-electron chi connectivity index (χ0n) is 13.2. The molecule has 0 spiro atoms. The molecule has 1 aliphatic rings. The molecule has 6 nitrogen and oxygen atoms in total. The normalized spacial score (nSPS) is 15.2. The average molecular weight is 315 g/mol. The maximum Gasteiger partial charge on any atom is 0.246 e. The van der Waals surface area contributed by atoms with Gasteiger partial charge in [-0.3, -0.25) is 9.48 Å². The highest BCUT2D eigenvalue weighted by Crippen LogP contribution is 2.42. The smallest absolute Gasteiger partial charge is 0.246 e. The molecule has 1 aliphatic carbocycles. The first-order valence-corrected chi connectivity index (χ1v) is 7.69. The van der Waals surface area contributed by atoms with Crippen LogP contribution in [-0.2, 0) is 21.7 Å². The monoisotopic (exact) mass is 315 g/mol. The van der Waals surface area contributed by atoms with Crippen LogP contribution in [0, 0.1) is 0 Å². The number of methoxy groups -OCH3 is 1. The minimum Gasteiger partial charge on any atom is -0.497 e. The molecule has 0 saturated heterocycles. The zero-order chi connectivity index (χ0) is 16.1. The molecule has 2 aromatic rings. The maximum atomic E-state index is 11.9. The molecule has 0 bridgehead atoms. The second-order valence-corrected chi connectivity index (χ2v) is 5.79. The van der Waals surface area contributed by atoms with Gasteiger partial charge in [0, 0.05) is 18.9 Å². The number of carbonyl (C=O) groups excluding carboxylic acids is 1. The van der Waals surface area contributed by atoms with E-state index in [4.69, 9.17) is 9.47 Å². The van der Waals surface area contributed by atoms with Crippen molar-refractivity contribution in [3.8, 4) is 5.75 Å². The van der Waals surface area contributed by atoms with Crippen molar-refractivity contribution in [2.45, 2.75) is 25.0 Å². The first-order valence-electron chi connectivity index (χ1n) is 7.69. The van der Waals surface area contributed by atoms with Gasteiger partial charge in [-0.2, -0.15) is 5.10 Å². The van der Waals surface area contributed by atoms with Gasteiger partial charge >= 0.3 is 0 Å². The van der Waals surface area contributed by atoms with Crippen molar-refractivity contribution < 1.29 is 14.3 Å². The predicted molar refractivity (Wildman–Crippen MR) is 85.1 cm³/mol. The molecule has 3 rings (SSSR count). The van der Waals surface area contributed by atoms with Crippen LogP contribution in [0.15, 0.2) is 42.7 Å². The predicted octanol–water partition coefficient (Wildman–Crippen LogP) is 1.71. The van der Waals surface area contributed by atoms with Gasteiger partial charge in [-0.15, -0.1) is 0 Å². The van der Waals surface area contributed by atoms with Crippen LogP contribution in [0.25, 0.3) is 0 Å². The summed E-state index contributed by atoms with van der Waals surface area (Å²) in [4.78, 5) is 11.9. The first-order chi connectivity index (χ1) is 11.2. The molecule has 1 amide bonds. The SMILES string of the molecule is COc1ccc(COCC(=O)NCC2(n3cccn3)CC2)cc1. The lowest BCUT2D eigenvalue weighted by Gasteiger charge is -2.16. The molecule has 1 aromatic heterocycles. The number of benzene rings is 1. The number of nitrogens with zero attached hydrogens (tertiary/aromatic N) is 2. The van der Waals surface area contributed by atoms with Gasteiger partial charge in [0.05, 0.1) is 19.3 Å². The zero-order valence-corrected chi connectivity index (χ0v) is 13.2. The van der Waals surface area contributed by atoms with E-state index in [0.717, 1.165) is 24.2 Å². The summed E-state index contributed by atoms with van der Waals surface area (Å²) in [6.07, 6.45) is 5.79. The Kier molecular flexibility index (Phi) is 4.62. The second kappa shape index (κ2) is 6.83. The molecule has 0 aliphatic heterocycles. The Labute approximate surface area is 135 Å². The molecular formula is C17H21N3O3. The van der Waals surface area contributed by atoms with Gasteiger partial charge in [0.2, 0.25) is 5.91 Å². The van der Waals surface area contributed by atoms with Crippen LogP contribution in [0.2, 0.25) is 0 Å². The van der Waals surface area contributed by atoms with Crippen molar-refractivity contribution in [3.63, 3.8) is 0 Å². The third kappa shape index (κ3) is 3.90. The average Bonchev–Trinajstić information content (AvgIpc) is 3.16. The molecule has 1 N–H and O–H groups in total. The highest BCUT2D eigenvalue weighted by Gasteiger charge is 2.45. The van der Waals surface area contributed by atoms with E-state index in [1.807, 2.05) is 41.2 Å². The number of nitrogens with one attached hydrogen (secondary N) is 1. The van der Waals surface area contributed by atoms with Crippen molar-refractivity contribution in [1.29, 1.82) is 0 Å². The largest absolute Gasteiger partial charge is 0.497 e. The molecule has 1 heterocycles. The Bertz CT molecular complexity index is 634. The van der Waals surface area contributed by atoms with Crippen molar-refractivity contribution in [1.82, 2.24) is 15.1 Å². The number of rotatable bonds is 8. The molecule has 1 saturated carbocycles. The quantitative estimate of drug-likeness (QED) is 0.805. The highest BCUT2D eigenvalue weighted by molar-refractivity contribution is 5.77. The minimum atomic E-state index is -0.100. The van der Waals surface area contributed by atoms with E-state index < -0.39 is 0 Å². The number of carbonyl (C=O) groups is 1. The van der Waals surface area contributed by atoms with Crippen LogP contribution >= 0.6 is 0 Å². The summed E-state index contributed by atoms with van der Waals surface area (Å²) in [6.45, 7) is 1.06. The number of hydrogen-bond donors (Lipinski definition) is 1. The lowest BCUT2D eigenvalue weighted by atomic mass is 10.2. The fourth-order valence-electron chi connectivity index (χ4n) is 2.48. The second-order valence-electron chi connectivity index (χ2n) is 5.79. The Balaban J connectivity index is 1.38. The third-order valence-corrected chi connectivity index (χ3v) is 4.09.